The lowest BCUT2D eigenvalue weighted by Crippen LogP contribution is -2.24. The minimum atomic E-state index is -0.472. The van der Waals surface area contributed by atoms with Crippen LogP contribution in [0.4, 0.5) is 0 Å². The fourth-order valence-electron chi connectivity index (χ4n) is 0.795. The van der Waals surface area contributed by atoms with Crippen molar-refractivity contribution < 1.29 is 4.74 Å². The van der Waals surface area contributed by atoms with Gasteiger partial charge in [-0.25, -0.2) is 0 Å². The van der Waals surface area contributed by atoms with Gasteiger partial charge in [-0.2, -0.15) is 5.26 Å². The summed E-state index contributed by atoms with van der Waals surface area (Å²) in [6, 6.07) is 1.91. The quantitative estimate of drug-likeness (QED) is 0.587. The molecule has 0 aromatic carbocycles. The van der Waals surface area contributed by atoms with E-state index in [1.165, 1.54) is 6.42 Å². The minimum absolute atomic E-state index is 0.378. The van der Waals surface area contributed by atoms with Gasteiger partial charge in [0.1, 0.15) is 5.38 Å². The Morgan fingerprint density at radius 3 is 2.80 bits per heavy atom. The first-order valence-electron chi connectivity index (χ1n) is 3.48. The van der Waals surface area contributed by atoms with E-state index in [0.717, 1.165) is 12.8 Å². The predicted molar refractivity (Wildman–Crippen MR) is 38.8 cm³/mol. The van der Waals surface area contributed by atoms with Crippen LogP contribution < -0.4 is 0 Å². The normalized spacial score (nSPS) is 21.2. The second-order valence-electron chi connectivity index (χ2n) is 2.48. The topological polar surface area (TPSA) is 33.0 Å². The number of ether oxygens (including phenoxy) is 1. The lowest BCUT2D eigenvalue weighted by atomic mass is 9.96. The van der Waals surface area contributed by atoms with E-state index in [1.54, 1.807) is 0 Å². The maximum absolute atomic E-state index is 8.28. The molecule has 1 rings (SSSR count). The summed E-state index contributed by atoms with van der Waals surface area (Å²) in [5, 5.41) is 7.80. The number of alkyl halides is 1. The first-order valence-corrected chi connectivity index (χ1v) is 3.92. The van der Waals surface area contributed by atoms with E-state index < -0.39 is 5.38 Å². The monoisotopic (exact) mass is 159 g/mol. The summed E-state index contributed by atoms with van der Waals surface area (Å²) < 4.78 is 5.28. The van der Waals surface area contributed by atoms with Crippen LogP contribution in [0.5, 0.6) is 0 Å². The molecule has 0 aliphatic heterocycles. The van der Waals surface area contributed by atoms with E-state index in [0.29, 0.717) is 12.7 Å². The molecule has 10 heavy (non-hydrogen) atoms. The smallest absolute Gasteiger partial charge is 0.143 e. The molecule has 0 spiro atoms. The number of halogens is 1. The van der Waals surface area contributed by atoms with E-state index in [1.807, 2.05) is 6.07 Å². The molecule has 2 nitrogen and oxygen atoms in total. The highest BCUT2D eigenvalue weighted by Crippen LogP contribution is 2.22. The van der Waals surface area contributed by atoms with Crippen LogP contribution in [0, 0.1) is 11.3 Å². The van der Waals surface area contributed by atoms with E-state index in [4.69, 9.17) is 21.6 Å². The Balaban J connectivity index is 1.99. The fraction of sp³-hybridized carbons (Fsp3) is 0.857. The van der Waals surface area contributed by atoms with Gasteiger partial charge in [0.25, 0.3) is 0 Å². The summed E-state index contributed by atoms with van der Waals surface area (Å²) in [7, 11) is 0. The number of nitriles is 1. The Hall–Kier alpha value is -0.260. The zero-order chi connectivity index (χ0) is 7.40. The van der Waals surface area contributed by atoms with Crippen LogP contribution in [-0.2, 0) is 4.74 Å². The van der Waals surface area contributed by atoms with Gasteiger partial charge in [-0.15, -0.1) is 11.6 Å². The van der Waals surface area contributed by atoms with Crippen LogP contribution in [-0.4, -0.2) is 18.1 Å². The Bertz CT molecular complexity index is 139. The molecule has 0 radical (unpaired) electrons. The lowest BCUT2D eigenvalue weighted by molar-refractivity contribution is 0.00650. The van der Waals surface area contributed by atoms with Crippen LogP contribution in [0.2, 0.25) is 0 Å². The minimum Gasteiger partial charge on any atom is -0.376 e. The summed E-state index contributed by atoms with van der Waals surface area (Å²) in [6.45, 7) is 0.378. The van der Waals surface area contributed by atoms with Crippen molar-refractivity contribution in [2.45, 2.75) is 30.7 Å². The Morgan fingerprint density at radius 1 is 1.70 bits per heavy atom. The molecule has 1 aliphatic carbocycles. The molecule has 3 heteroatoms. The largest absolute Gasteiger partial charge is 0.376 e. The van der Waals surface area contributed by atoms with E-state index in [9.17, 15) is 0 Å². The molecule has 0 bridgehead atoms. The van der Waals surface area contributed by atoms with Gasteiger partial charge >= 0.3 is 0 Å². The van der Waals surface area contributed by atoms with Crippen LogP contribution in [0.15, 0.2) is 0 Å². The summed E-state index contributed by atoms with van der Waals surface area (Å²) in [5.74, 6) is 0. The van der Waals surface area contributed by atoms with Gasteiger partial charge < -0.3 is 4.74 Å². The molecule has 1 fully saturated rings. The van der Waals surface area contributed by atoms with Gasteiger partial charge in [-0.1, -0.05) is 0 Å². The molecule has 1 atom stereocenters. The Kier molecular flexibility index (Phi) is 2.98. The van der Waals surface area contributed by atoms with Crippen LogP contribution in [0.1, 0.15) is 19.3 Å². The van der Waals surface area contributed by atoms with Crippen LogP contribution >= 0.6 is 11.6 Å². The van der Waals surface area contributed by atoms with Crippen molar-refractivity contribution in [1.82, 2.24) is 0 Å². The van der Waals surface area contributed by atoms with Crippen molar-refractivity contribution in [3.05, 3.63) is 0 Å². The van der Waals surface area contributed by atoms with Crippen molar-refractivity contribution >= 4 is 11.6 Å². The third kappa shape index (κ3) is 2.17. The first kappa shape index (κ1) is 7.84. The van der Waals surface area contributed by atoms with Gasteiger partial charge in [0.15, 0.2) is 0 Å². The third-order valence-electron chi connectivity index (χ3n) is 1.67. The molecular weight excluding hydrogens is 150 g/mol. The molecule has 0 N–H and O–H groups in total. The maximum atomic E-state index is 8.28. The van der Waals surface area contributed by atoms with E-state index >= 15 is 0 Å². The van der Waals surface area contributed by atoms with Gasteiger partial charge in [0.2, 0.25) is 0 Å². The van der Waals surface area contributed by atoms with Crippen LogP contribution in [0.25, 0.3) is 0 Å². The van der Waals surface area contributed by atoms with Crippen molar-refractivity contribution in [2.24, 2.45) is 0 Å². The van der Waals surface area contributed by atoms with Crippen LogP contribution in [0.3, 0.4) is 0 Å². The van der Waals surface area contributed by atoms with Gasteiger partial charge in [0, 0.05) is 0 Å². The molecule has 56 valence electrons. The summed E-state index contributed by atoms with van der Waals surface area (Å²) >= 11 is 5.50. The standard InChI is InChI=1S/C7H10ClNO/c8-6(4-9)5-10-7-2-1-3-7/h6-7H,1-3,5H2. The number of rotatable bonds is 3. The molecule has 0 aromatic heterocycles. The zero-order valence-electron chi connectivity index (χ0n) is 5.72. The third-order valence-corrected chi connectivity index (χ3v) is 1.89. The molecule has 0 saturated heterocycles. The second-order valence-corrected chi connectivity index (χ2v) is 3.01. The second kappa shape index (κ2) is 3.80. The summed E-state index contributed by atoms with van der Waals surface area (Å²) in [6.07, 6.45) is 3.91. The van der Waals surface area contributed by atoms with Gasteiger partial charge in [-0.3, -0.25) is 0 Å². The Labute approximate surface area is 65.7 Å². The first-order chi connectivity index (χ1) is 4.83. The molecule has 0 amide bonds. The highest BCUT2D eigenvalue weighted by molar-refractivity contribution is 6.22. The van der Waals surface area contributed by atoms with Gasteiger partial charge in [-0.05, 0) is 19.3 Å². The molecule has 1 aliphatic rings. The highest BCUT2D eigenvalue weighted by Gasteiger charge is 2.18. The zero-order valence-corrected chi connectivity index (χ0v) is 6.47. The SMILES string of the molecule is N#CC(Cl)COC1CCC1. The maximum Gasteiger partial charge on any atom is 0.143 e. The molecule has 0 aromatic rings. The van der Waals surface area contributed by atoms with Crippen molar-refractivity contribution in [1.29, 1.82) is 5.26 Å². The van der Waals surface area contributed by atoms with Gasteiger partial charge in [0.05, 0.1) is 18.8 Å². The van der Waals surface area contributed by atoms with E-state index in [2.05, 4.69) is 0 Å². The average Bonchev–Trinajstić information content (AvgIpc) is 1.84. The Morgan fingerprint density at radius 2 is 2.40 bits per heavy atom. The van der Waals surface area contributed by atoms with Crippen molar-refractivity contribution in [3.63, 3.8) is 0 Å². The molecule has 1 unspecified atom stereocenters. The highest BCUT2D eigenvalue weighted by atomic mass is 35.5. The number of nitrogens with zero attached hydrogens (tertiary/aromatic N) is 1. The number of hydrogen-bond acceptors (Lipinski definition) is 2. The lowest BCUT2D eigenvalue weighted by Gasteiger charge is -2.25. The van der Waals surface area contributed by atoms with Crippen molar-refractivity contribution in [2.75, 3.05) is 6.61 Å². The average molecular weight is 160 g/mol. The van der Waals surface area contributed by atoms with Crippen molar-refractivity contribution in [3.8, 4) is 6.07 Å². The fourth-order valence-corrected chi connectivity index (χ4v) is 0.868. The predicted octanol–water partition coefficient (Wildman–Crippen LogP) is 1.69. The summed E-state index contributed by atoms with van der Waals surface area (Å²) in [5.41, 5.74) is 0. The summed E-state index contributed by atoms with van der Waals surface area (Å²) in [4.78, 5) is 0. The molecule has 0 heterocycles. The van der Waals surface area contributed by atoms with E-state index in [-0.39, 0.29) is 0 Å². The number of hydrogen-bond donors (Lipinski definition) is 0. The molecular formula is C7H10ClNO. The molecule has 1 saturated carbocycles.